The first-order valence-corrected chi connectivity index (χ1v) is 27.5. The minimum absolute atomic E-state index is 0. The van der Waals surface area contributed by atoms with Gasteiger partial charge in [0.25, 0.3) is 6.47 Å². The first-order chi connectivity index (χ1) is 41.2. The van der Waals surface area contributed by atoms with Gasteiger partial charge in [0, 0.05) is 76.3 Å². The van der Waals surface area contributed by atoms with Crippen LogP contribution in [0.4, 0.5) is 52.7 Å². The van der Waals surface area contributed by atoms with Crippen LogP contribution < -0.4 is 56.9 Å². The molecule has 6 heterocycles. The Bertz CT molecular complexity index is 3000. The molecule has 2 aromatic carbocycles. The van der Waals surface area contributed by atoms with Gasteiger partial charge in [0.15, 0.2) is 34.9 Å². The standard InChI is InChI=1S/2C26H31F6N7O3.CH2O3.ClH.Na/c2*1-13(2)22(33)24(42)38-5-3-4-19(38)23(41)34-15(8-14-9-17(28)18(29)11-16(14)27)10-21(40)37-6-7-39-20(12-37)35-36-25(39)26(30,31)32;2-1-4-3;;/h2*9,11,13,15,19,22H,3-8,10,12,33H2,1-2H3,(H,34,41);1,3H;1H;/q;;;;+1/p-1. The number of hydrogen-bond donors (Lipinski definition) is 4. The van der Waals surface area contributed by atoms with Crippen LogP contribution in [0.2, 0.25) is 0 Å². The van der Waals surface area contributed by atoms with Crippen LogP contribution in [0.15, 0.2) is 24.3 Å². The van der Waals surface area contributed by atoms with E-state index < -0.39 is 156 Å². The second-order valence-electron chi connectivity index (χ2n) is 21.9. The molecule has 4 aromatic rings. The maximum Gasteiger partial charge on any atom is 1.00 e. The molecule has 37 heteroatoms. The monoisotopic (exact) mass is 1330 g/mol. The second-order valence-corrected chi connectivity index (χ2v) is 21.9. The van der Waals surface area contributed by atoms with Gasteiger partial charge in [-0.1, -0.05) is 27.7 Å². The van der Waals surface area contributed by atoms with Crippen molar-refractivity contribution in [3.63, 3.8) is 0 Å². The zero-order valence-electron chi connectivity index (χ0n) is 49.1. The van der Waals surface area contributed by atoms with Crippen LogP contribution in [0.5, 0.6) is 0 Å². The molecule has 90 heavy (non-hydrogen) atoms. The molecule has 8 rings (SSSR count). The molecule has 0 aliphatic carbocycles. The van der Waals surface area contributed by atoms with Crippen molar-refractivity contribution < 1.29 is 126 Å². The minimum atomic E-state index is -4.73. The Morgan fingerprint density at radius 1 is 0.589 bits per heavy atom. The number of halogens is 13. The number of amides is 6. The van der Waals surface area contributed by atoms with Crippen molar-refractivity contribution in [3.8, 4) is 0 Å². The molecule has 6 N–H and O–H groups in total. The molecule has 6 amide bonds. The average Bonchev–Trinajstić information content (AvgIpc) is 1.80. The van der Waals surface area contributed by atoms with Gasteiger partial charge >= 0.3 is 41.9 Å². The molecule has 4 aliphatic heterocycles. The van der Waals surface area contributed by atoms with Crippen LogP contribution >= 0.6 is 12.4 Å². The number of hydrogen-bond acceptors (Lipinski definition) is 15. The first kappa shape index (κ1) is 75.8. The zero-order valence-corrected chi connectivity index (χ0v) is 51.9. The van der Waals surface area contributed by atoms with Crippen molar-refractivity contribution in [3.05, 3.63) is 93.6 Å². The number of carbonyl (C=O) groups excluding carboxylic acids is 7. The third-order valence-electron chi connectivity index (χ3n) is 15.1. The van der Waals surface area contributed by atoms with Crippen LogP contribution in [0.3, 0.4) is 0 Å². The molecule has 0 saturated carbocycles. The molecule has 2 saturated heterocycles. The summed E-state index contributed by atoms with van der Waals surface area (Å²) < 4.78 is 165. The summed E-state index contributed by atoms with van der Waals surface area (Å²) in [6.07, 6.45) is -9.50. The van der Waals surface area contributed by atoms with E-state index >= 15 is 0 Å². The topological polar surface area (TPSA) is 302 Å². The van der Waals surface area contributed by atoms with Gasteiger partial charge < -0.3 is 61.0 Å². The van der Waals surface area contributed by atoms with Crippen molar-refractivity contribution in [2.75, 3.05) is 26.2 Å². The summed E-state index contributed by atoms with van der Waals surface area (Å²) in [4.78, 5) is 95.4. The number of nitrogens with one attached hydrogen (secondary N) is 2. The van der Waals surface area contributed by atoms with Crippen LogP contribution in [0.1, 0.15) is 101 Å². The van der Waals surface area contributed by atoms with Gasteiger partial charge in [-0.05, 0) is 73.6 Å². The number of rotatable bonds is 17. The molecule has 0 radical (unpaired) electrons. The van der Waals surface area contributed by atoms with Gasteiger partial charge in [-0.3, -0.25) is 33.6 Å². The maximum atomic E-state index is 14.5. The van der Waals surface area contributed by atoms with Gasteiger partial charge in [0.1, 0.15) is 23.7 Å². The Morgan fingerprint density at radius 3 is 1.23 bits per heavy atom. The predicted molar refractivity (Wildman–Crippen MR) is 284 cm³/mol. The molecule has 0 spiro atoms. The Hall–Kier alpha value is -6.66. The van der Waals surface area contributed by atoms with Crippen molar-refractivity contribution in [1.29, 1.82) is 0 Å². The number of likely N-dealkylation sites (tertiary alicyclic amines) is 2. The van der Waals surface area contributed by atoms with E-state index in [4.69, 9.17) is 21.5 Å². The molecule has 6 unspecified atom stereocenters. The van der Waals surface area contributed by atoms with Crippen LogP contribution in [-0.2, 0) is 89.8 Å². The largest absolute Gasteiger partial charge is 1.00 e. The summed E-state index contributed by atoms with van der Waals surface area (Å²) in [5.74, 6) is -13.9. The van der Waals surface area contributed by atoms with Crippen molar-refractivity contribution in [1.82, 2.24) is 59.8 Å². The van der Waals surface area contributed by atoms with Gasteiger partial charge in [0.2, 0.25) is 47.1 Å². The van der Waals surface area contributed by atoms with Gasteiger partial charge in [-0.15, -0.1) is 32.8 Å². The summed E-state index contributed by atoms with van der Waals surface area (Å²) in [5.41, 5.74) is 11.4. The van der Waals surface area contributed by atoms with Crippen LogP contribution in [0.25, 0.3) is 0 Å². The van der Waals surface area contributed by atoms with E-state index in [2.05, 4.69) is 35.9 Å². The fraction of sp³-hybridized carbons (Fsp3) is 0.566. The number of aromatic nitrogens is 6. The Kier molecular flexibility index (Phi) is 27.4. The Labute approximate surface area is 534 Å². The van der Waals surface area contributed by atoms with Gasteiger partial charge in [0.05, 0.1) is 25.2 Å². The Morgan fingerprint density at radius 2 is 0.922 bits per heavy atom. The number of nitrogens with two attached hydrogens (primary N) is 2. The van der Waals surface area contributed by atoms with E-state index in [1.165, 1.54) is 19.6 Å². The zero-order chi connectivity index (χ0) is 65.3. The number of nitrogens with zero attached hydrogens (tertiary/aromatic N) is 10. The average molecular weight is 1330 g/mol. The predicted octanol–water partition coefficient (Wildman–Crippen LogP) is 0.157. The van der Waals surface area contributed by atoms with E-state index in [9.17, 15) is 81.5 Å². The normalized spacial score (nSPS) is 17.7. The summed E-state index contributed by atoms with van der Waals surface area (Å²) >= 11 is 0. The molecule has 2 aromatic heterocycles. The minimum Gasteiger partial charge on any atom is -0.662 e. The second kappa shape index (κ2) is 32.6. The maximum absolute atomic E-state index is 14.5. The first-order valence-electron chi connectivity index (χ1n) is 27.5. The van der Waals surface area contributed by atoms with E-state index in [-0.39, 0.29) is 135 Å². The fourth-order valence-corrected chi connectivity index (χ4v) is 10.3. The number of benzene rings is 2. The Balaban J connectivity index is 0.000000355. The van der Waals surface area contributed by atoms with Crippen molar-refractivity contribution >= 4 is 54.3 Å². The molecular formula is C53H64ClF12N14NaO9. The van der Waals surface area contributed by atoms with E-state index in [1.807, 2.05) is 0 Å². The number of alkyl halides is 6. The quantitative estimate of drug-likeness (QED) is 0.0273. The molecule has 2 fully saturated rings. The summed E-state index contributed by atoms with van der Waals surface area (Å²) in [7, 11) is 0. The van der Waals surface area contributed by atoms with Crippen molar-refractivity contribution in [2.45, 2.75) is 154 Å². The molecule has 0 bridgehead atoms. The third-order valence-corrected chi connectivity index (χ3v) is 15.1. The number of carbonyl (C=O) groups is 7. The van der Waals surface area contributed by atoms with Gasteiger partial charge in [-0.2, -0.15) is 26.3 Å². The van der Waals surface area contributed by atoms with Crippen molar-refractivity contribution in [2.24, 2.45) is 23.3 Å². The molecule has 6 atom stereocenters. The number of fused-ring (bicyclic) bond motifs is 2. The van der Waals surface area contributed by atoms with E-state index in [0.717, 1.165) is 9.13 Å². The third kappa shape index (κ3) is 19.0. The molecule has 4 aliphatic rings. The molecule has 492 valence electrons. The molecular weight excluding hydrogens is 1260 g/mol. The fourth-order valence-electron chi connectivity index (χ4n) is 10.3. The summed E-state index contributed by atoms with van der Waals surface area (Å²) in [6.45, 7) is 6.16. The molecule has 23 nitrogen and oxygen atoms in total. The van der Waals surface area contributed by atoms with Gasteiger partial charge in [-0.25, -0.2) is 26.3 Å². The van der Waals surface area contributed by atoms with E-state index in [1.54, 1.807) is 27.7 Å². The van der Waals surface area contributed by atoms with E-state index in [0.29, 0.717) is 49.9 Å². The van der Waals surface area contributed by atoms with Crippen LogP contribution in [0, 0.1) is 46.7 Å². The summed E-state index contributed by atoms with van der Waals surface area (Å²) in [6, 6.07) is -3.81. The van der Waals surface area contributed by atoms with Crippen LogP contribution in [-0.4, -0.2) is 153 Å². The smallest absolute Gasteiger partial charge is 0.662 e. The SMILES string of the molecule is CC(C)C(N)C(=O)N1CCCC1C(=O)NC(CC(=O)N1CCn2c(nnc2C(F)(F)F)C1)Cc1cc(F)c(F)cc1F.CC(C)C(N)C(=O)N1CCCC1C(=O)NC(CC(=O)N1CCn2c(nnc2C(F)(F)F)C1)Cc1cc(F)c(F)cc1F.Cl.O=CO[O-].[Na+]. The summed E-state index contributed by atoms with van der Waals surface area (Å²) in [5, 5.41) is 27.2.